The number of nitrogens with two attached hydrogens (primary N) is 1. The van der Waals surface area contributed by atoms with Crippen LogP contribution in [0, 0.1) is 0 Å². The molecule has 8 N–H and O–H groups in total. The minimum absolute atomic E-state index is 0.329. The van der Waals surface area contributed by atoms with Crippen molar-refractivity contribution in [3.63, 3.8) is 0 Å². The topological polar surface area (TPSA) is 208 Å². The summed E-state index contributed by atoms with van der Waals surface area (Å²) in [5, 5.41) is 31.1. The van der Waals surface area contributed by atoms with Gasteiger partial charge in [0.2, 0.25) is 5.91 Å². The molecule has 0 bridgehead atoms. The number of nitrogens with one attached hydrogen (secondary N) is 3. The summed E-state index contributed by atoms with van der Waals surface area (Å²) in [4.78, 5) is 50.4. The van der Waals surface area contributed by atoms with Crippen LogP contribution in [-0.2, 0) is 24.0 Å². The number of amides is 3. The number of aliphatic hydroxyl groups is 1. The van der Waals surface area contributed by atoms with E-state index in [-0.39, 0.29) is 5.91 Å². The number of carboxylic acids is 2. The fourth-order valence-corrected chi connectivity index (χ4v) is 0.957. The van der Waals surface area contributed by atoms with Crippen LogP contribution in [0.3, 0.4) is 0 Å². The second-order valence-corrected chi connectivity index (χ2v) is 4.40. The Morgan fingerprint density at radius 2 is 1.54 bits per heavy atom. The van der Waals surface area contributed by atoms with Crippen molar-refractivity contribution in [2.45, 2.75) is 25.9 Å². The Labute approximate surface area is 137 Å². The molecule has 1 aliphatic rings. The molecule has 1 aliphatic heterocycles. The Morgan fingerprint density at radius 1 is 1.12 bits per heavy atom. The van der Waals surface area contributed by atoms with Crippen LogP contribution < -0.4 is 21.7 Å². The fraction of sp³-hybridized carbons (Fsp3) is 0.583. The SMILES string of the molecule is CC(=O)N[C@@H](C)C(=O)O.N[C@@H](CO)C(=O)O.O=C1NCCNC1=O. The number of hydrogen-bond acceptors (Lipinski definition) is 7. The predicted molar refractivity (Wildman–Crippen MR) is 79.6 cm³/mol. The molecule has 1 rings (SSSR count). The number of aliphatic carboxylic acids is 2. The Morgan fingerprint density at radius 3 is 1.67 bits per heavy atom. The second-order valence-electron chi connectivity index (χ2n) is 4.40. The monoisotopic (exact) mass is 350 g/mol. The van der Waals surface area contributed by atoms with Crippen molar-refractivity contribution in [1.82, 2.24) is 16.0 Å². The van der Waals surface area contributed by atoms with Crippen LogP contribution in [0.1, 0.15) is 13.8 Å². The maximum atomic E-state index is 10.3. The van der Waals surface area contributed by atoms with E-state index in [1.807, 2.05) is 0 Å². The van der Waals surface area contributed by atoms with Gasteiger partial charge in [-0.25, -0.2) is 0 Å². The molecule has 2 atom stereocenters. The van der Waals surface area contributed by atoms with Crippen molar-refractivity contribution in [3.05, 3.63) is 0 Å². The van der Waals surface area contributed by atoms with Crippen LogP contribution in [0.4, 0.5) is 0 Å². The lowest BCUT2D eigenvalue weighted by Gasteiger charge is -2.10. The molecule has 24 heavy (non-hydrogen) atoms. The number of aliphatic hydroxyl groups excluding tert-OH is 1. The number of rotatable bonds is 4. The minimum Gasteiger partial charge on any atom is -0.480 e. The molecular weight excluding hydrogens is 328 g/mol. The predicted octanol–water partition coefficient (Wildman–Crippen LogP) is -3.78. The quantitative estimate of drug-likeness (QED) is 0.248. The molecule has 0 aromatic rings. The van der Waals surface area contributed by atoms with E-state index < -0.39 is 42.4 Å². The highest BCUT2D eigenvalue weighted by atomic mass is 16.4. The molecule has 0 unspecified atom stereocenters. The molecule has 1 saturated heterocycles. The third kappa shape index (κ3) is 13.0. The number of hydrogen-bond donors (Lipinski definition) is 7. The largest absolute Gasteiger partial charge is 0.480 e. The van der Waals surface area contributed by atoms with Crippen LogP contribution in [0.2, 0.25) is 0 Å². The second kappa shape index (κ2) is 12.8. The first-order valence-electron chi connectivity index (χ1n) is 6.68. The van der Waals surface area contributed by atoms with E-state index in [9.17, 15) is 24.0 Å². The summed E-state index contributed by atoms with van der Waals surface area (Å²) in [6, 6.07) is -1.91. The molecule has 0 spiro atoms. The van der Waals surface area contributed by atoms with Gasteiger partial charge in [-0.2, -0.15) is 0 Å². The lowest BCUT2D eigenvalue weighted by Crippen LogP contribution is -2.49. The van der Waals surface area contributed by atoms with Crippen LogP contribution in [0.25, 0.3) is 0 Å². The van der Waals surface area contributed by atoms with E-state index in [1.165, 1.54) is 13.8 Å². The first-order chi connectivity index (χ1) is 11.0. The van der Waals surface area contributed by atoms with E-state index in [4.69, 9.17) is 21.1 Å². The summed E-state index contributed by atoms with van der Waals surface area (Å²) in [5.74, 6) is -3.59. The van der Waals surface area contributed by atoms with Crippen molar-refractivity contribution < 1.29 is 39.3 Å². The van der Waals surface area contributed by atoms with Crippen LogP contribution in [0.15, 0.2) is 0 Å². The van der Waals surface area contributed by atoms with E-state index in [1.54, 1.807) is 0 Å². The highest BCUT2D eigenvalue weighted by Gasteiger charge is 2.15. The van der Waals surface area contributed by atoms with Gasteiger partial charge in [-0.1, -0.05) is 0 Å². The van der Waals surface area contributed by atoms with Gasteiger partial charge in [0.05, 0.1) is 6.61 Å². The first-order valence-corrected chi connectivity index (χ1v) is 6.68. The summed E-state index contributed by atoms with van der Waals surface area (Å²) in [6.45, 7) is 3.27. The highest BCUT2D eigenvalue weighted by Crippen LogP contribution is 1.78. The molecular formula is C12H22N4O8. The van der Waals surface area contributed by atoms with E-state index in [2.05, 4.69) is 16.0 Å². The van der Waals surface area contributed by atoms with Gasteiger partial charge in [-0.3, -0.25) is 24.0 Å². The summed E-state index contributed by atoms with van der Waals surface area (Å²) in [5.41, 5.74) is 4.77. The first kappa shape index (κ1) is 23.5. The zero-order valence-corrected chi connectivity index (χ0v) is 13.2. The van der Waals surface area contributed by atoms with Gasteiger partial charge < -0.3 is 37.0 Å². The summed E-state index contributed by atoms with van der Waals surface area (Å²) in [7, 11) is 0. The normalized spacial score (nSPS) is 15.0. The number of carboxylic acid groups (broad SMARTS) is 2. The van der Waals surface area contributed by atoms with Crippen molar-refractivity contribution >= 4 is 29.7 Å². The summed E-state index contributed by atoms with van der Waals surface area (Å²) in [6.07, 6.45) is 0. The minimum atomic E-state index is -1.18. The molecule has 1 fully saturated rings. The van der Waals surface area contributed by atoms with Gasteiger partial charge in [-0.15, -0.1) is 0 Å². The lowest BCUT2D eigenvalue weighted by molar-refractivity contribution is -0.141. The van der Waals surface area contributed by atoms with E-state index in [0.717, 1.165) is 0 Å². The summed E-state index contributed by atoms with van der Waals surface area (Å²) >= 11 is 0. The number of carbonyl (C=O) groups excluding carboxylic acids is 3. The lowest BCUT2D eigenvalue weighted by atomic mass is 10.3. The third-order valence-electron chi connectivity index (χ3n) is 2.21. The van der Waals surface area contributed by atoms with Gasteiger partial charge in [-0.05, 0) is 6.92 Å². The van der Waals surface area contributed by atoms with Crippen LogP contribution in [0.5, 0.6) is 0 Å². The molecule has 138 valence electrons. The van der Waals surface area contributed by atoms with Crippen LogP contribution in [-0.4, -0.2) is 76.8 Å². The van der Waals surface area contributed by atoms with Crippen molar-refractivity contribution in [2.24, 2.45) is 5.73 Å². The Balaban J connectivity index is 0. The Bertz CT molecular complexity index is 452. The van der Waals surface area contributed by atoms with Crippen LogP contribution >= 0.6 is 0 Å². The average molecular weight is 350 g/mol. The molecule has 0 aromatic carbocycles. The molecule has 3 amide bonds. The number of piperazine rings is 1. The van der Waals surface area contributed by atoms with Gasteiger partial charge in [0.25, 0.3) is 0 Å². The zero-order valence-electron chi connectivity index (χ0n) is 13.2. The Kier molecular flexibility index (Phi) is 12.5. The molecule has 1 heterocycles. The standard InChI is InChI=1S/C5H9NO3.C4H6N2O2.C3H7NO3/c1-3(5(8)9)6-4(2)7;7-3-4(8)6-2-1-5-3;4-2(1-5)3(6)7/h3H,1-2H3,(H,6,7)(H,8,9);1-2H2,(H,5,7)(H,6,8);2,5H,1,4H2,(H,6,7)/t3-;;2-/m0.0/s1. The molecule has 12 heteroatoms. The Hall–Kier alpha value is -2.73. The maximum absolute atomic E-state index is 10.3. The average Bonchev–Trinajstić information content (AvgIpc) is 2.49. The number of carbonyl (C=O) groups is 5. The van der Waals surface area contributed by atoms with Gasteiger partial charge in [0.15, 0.2) is 0 Å². The van der Waals surface area contributed by atoms with Crippen molar-refractivity contribution in [1.29, 1.82) is 0 Å². The van der Waals surface area contributed by atoms with Gasteiger partial charge in [0.1, 0.15) is 12.1 Å². The smallest absolute Gasteiger partial charge is 0.325 e. The maximum Gasteiger partial charge on any atom is 0.325 e. The third-order valence-corrected chi connectivity index (χ3v) is 2.21. The van der Waals surface area contributed by atoms with Gasteiger partial charge in [0, 0.05) is 20.0 Å². The molecule has 0 saturated carbocycles. The molecule has 0 radical (unpaired) electrons. The van der Waals surface area contributed by atoms with Crippen molar-refractivity contribution in [3.8, 4) is 0 Å². The van der Waals surface area contributed by atoms with Crippen molar-refractivity contribution in [2.75, 3.05) is 19.7 Å². The van der Waals surface area contributed by atoms with Gasteiger partial charge >= 0.3 is 23.8 Å². The molecule has 12 nitrogen and oxygen atoms in total. The highest BCUT2D eigenvalue weighted by molar-refractivity contribution is 6.35. The molecule has 0 aromatic heterocycles. The zero-order chi connectivity index (χ0) is 19.3. The van der Waals surface area contributed by atoms with E-state index in [0.29, 0.717) is 13.1 Å². The van der Waals surface area contributed by atoms with E-state index >= 15 is 0 Å². The fourth-order valence-electron chi connectivity index (χ4n) is 0.957. The molecule has 0 aliphatic carbocycles. The summed E-state index contributed by atoms with van der Waals surface area (Å²) < 4.78 is 0.